The van der Waals surface area contributed by atoms with Gasteiger partial charge in [-0.25, -0.2) is 0 Å². The highest BCUT2D eigenvalue weighted by Crippen LogP contribution is 2.23. The maximum Gasteiger partial charge on any atom is 0.242 e. The first-order valence-corrected chi connectivity index (χ1v) is 11.0. The normalized spacial score (nSPS) is 12.9. The Morgan fingerprint density at radius 1 is 1.14 bits per heavy atom. The zero-order chi connectivity index (χ0) is 21.6. The lowest BCUT2D eigenvalue weighted by Crippen LogP contribution is -2.49. The zero-order valence-corrected chi connectivity index (χ0v) is 19.8. The first-order valence-electron chi connectivity index (χ1n) is 9.49. The van der Waals surface area contributed by atoms with E-state index >= 15 is 0 Å². The SMILES string of the molecule is CC[C@@H](C)NC(=O)[C@H](C)N(Cc1cccc(Br)c1)C(=O)Cc1ccc(Cl)cc1Cl. The molecule has 1 N–H and O–H groups in total. The Morgan fingerprint density at radius 2 is 1.86 bits per heavy atom. The van der Waals surface area contributed by atoms with Crippen molar-refractivity contribution in [2.45, 2.75) is 52.2 Å². The summed E-state index contributed by atoms with van der Waals surface area (Å²) >= 11 is 15.7. The van der Waals surface area contributed by atoms with E-state index in [1.807, 2.05) is 38.1 Å². The van der Waals surface area contributed by atoms with Crippen molar-refractivity contribution in [1.82, 2.24) is 10.2 Å². The van der Waals surface area contributed by atoms with E-state index in [1.54, 1.807) is 30.0 Å². The van der Waals surface area contributed by atoms with Crippen molar-refractivity contribution < 1.29 is 9.59 Å². The molecule has 0 fully saturated rings. The molecule has 0 radical (unpaired) electrons. The second-order valence-electron chi connectivity index (χ2n) is 7.06. The number of nitrogens with one attached hydrogen (secondary N) is 1. The molecule has 2 aromatic carbocycles. The summed E-state index contributed by atoms with van der Waals surface area (Å²) in [7, 11) is 0. The van der Waals surface area contributed by atoms with Gasteiger partial charge in [-0.2, -0.15) is 0 Å². The van der Waals surface area contributed by atoms with Gasteiger partial charge in [0.05, 0.1) is 6.42 Å². The molecule has 0 aliphatic rings. The van der Waals surface area contributed by atoms with Gasteiger partial charge in [-0.3, -0.25) is 9.59 Å². The highest BCUT2D eigenvalue weighted by atomic mass is 79.9. The second kappa shape index (κ2) is 11.0. The molecule has 2 aromatic rings. The summed E-state index contributed by atoms with van der Waals surface area (Å²) < 4.78 is 0.917. The Bertz CT molecular complexity index is 876. The summed E-state index contributed by atoms with van der Waals surface area (Å²) in [6, 6.07) is 12.2. The average Bonchev–Trinajstić information content (AvgIpc) is 2.67. The summed E-state index contributed by atoms with van der Waals surface area (Å²) in [5.41, 5.74) is 1.60. The van der Waals surface area contributed by atoms with Gasteiger partial charge in [-0.1, -0.05) is 64.3 Å². The zero-order valence-electron chi connectivity index (χ0n) is 16.7. The van der Waals surface area contributed by atoms with E-state index in [1.165, 1.54) is 0 Å². The fourth-order valence-corrected chi connectivity index (χ4v) is 3.73. The lowest BCUT2D eigenvalue weighted by molar-refractivity contribution is -0.140. The molecule has 0 aromatic heterocycles. The average molecular weight is 500 g/mol. The molecule has 156 valence electrons. The summed E-state index contributed by atoms with van der Waals surface area (Å²) in [5, 5.41) is 3.91. The number of nitrogens with zero attached hydrogens (tertiary/aromatic N) is 1. The molecule has 2 atom stereocenters. The molecule has 0 aliphatic carbocycles. The molecule has 7 heteroatoms. The largest absolute Gasteiger partial charge is 0.352 e. The molecule has 0 unspecified atom stereocenters. The molecule has 0 bridgehead atoms. The Hall–Kier alpha value is -1.56. The van der Waals surface area contributed by atoms with Crippen LogP contribution in [0.2, 0.25) is 10.0 Å². The van der Waals surface area contributed by atoms with Crippen LogP contribution in [-0.4, -0.2) is 28.8 Å². The topological polar surface area (TPSA) is 49.4 Å². The highest BCUT2D eigenvalue weighted by molar-refractivity contribution is 9.10. The van der Waals surface area contributed by atoms with E-state index in [0.717, 1.165) is 16.5 Å². The monoisotopic (exact) mass is 498 g/mol. The van der Waals surface area contributed by atoms with Crippen molar-refractivity contribution in [3.05, 3.63) is 68.1 Å². The van der Waals surface area contributed by atoms with E-state index in [2.05, 4.69) is 21.2 Å². The molecule has 0 heterocycles. The number of carbonyl (C=O) groups excluding carboxylic acids is 2. The van der Waals surface area contributed by atoms with Crippen molar-refractivity contribution in [1.29, 1.82) is 0 Å². The van der Waals surface area contributed by atoms with Crippen LogP contribution in [0.15, 0.2) is 46.9 Å². The smallest absolute Gasteiger partial charge is 0.242 e. The van der Waals surface area contributed by atoms with E-state index in [0.29, 0.717) is 22.2 Å². The van der Waals surface area contributed by atoms with Gasteiger partial charge < -0.3 is 10.2 Å². The molecule has 0 aliphatic heterocycles. The van der Waals surface area contributed by atoms with Gasteiger partial charge in [0.2, 0.25) is 11.8 Å². The number of halogens is 3. The van der Waals surface area contributed by atoms with Gasteiger partial charge in [0.15, 0.2) is 0 Å². The number of carbonyl (C=O) groups is 2. The minimum atomic E-state index is -0.624. The number of benzene rings is 2. The molecular weight excluding hydrogens is 475 g/mol. The van der Waals surface area contributed by atoms with Crippen LogP contribution >= 0.6 is 39.1 Å². The summed E-state index contributed by atoms with van der Waals surface area (Å²) in [6.45, 7) is 6.01. The third-order valence-electron chi connectivity index (χ3n) is 4.77. The van der Waals surface area contributed by atoms with Crippen molar-refractivity contribution in [3.8, 4) is 0 Å². The van der Waals surface area contributed by atoms with Crippen molar-refractivity contribution in [2.75, 3.05) is 0 Å². The van der Waals surface area contributed by atoms with Crippen LogP contribution in [-0.2, 0) is 22.6 Å². The van der Waals surface area contributed by atoms with E-state index in [-0.39, 0.29) is 24.3 Å². The van der Waals surface area contributed by atoms with Gasteiger partial charge in [0, 0.05) is 27.1 Å². The quantitative estimate of drug-likeness (QED) is 0.511. The molecule has 0 spiro atoms. The van der Waals surface area contributed by atoms with Crippen molar-refractivity contribution in [3.63, 3.8) is 0 Å². The first kappa shape index (κ1) is 23.7. The van der Waals surface area contributed by atoms with Gasteiger partial charge in [0.1, 0.15) is 6.04 Å². The third kappa shape index (κ3) is 7.02. The van der Waals surface area contributed by atoms with E-state index in [4.69, 9.17) is 23.2 Å². The van der Waals surface area contributed by atoms with Gasteiger partial charge in [-0.05, 0) is 55.7 Å². The van der Waals surface area contributed by atoms with Crippen LogP contribution in [0.25, 0.3) is 0 Å². The van der Waals surface area contributed by atoms with E-state index < -0.39 is 6.04 Å². The summed E-state index contributed by atoms with van der Waals surface area (Å²) in [4.78, 5) is 27.5. The molecular formula is C22H25BrCl2N2O2. The predicted octanol–water partition coefficient (Wildman–Crippen LogP) is 5.63. The Kier molecular flexibility index (Phi) is 9.00. The van der Waals surface area contributed by atoms with Crippen LogP contribution in [0, 0.1) is 0 Å². The van der Waals surface area contributed by atoms with Gasteiger partial charge in [0.25, 0.3) is 0 Å². The van der Waals surface area contributed by atoms with Crippen LogP contribution in [0.4, 0.5) is 0 Å². The van der Waals surface area contributed by atoms with Crippen LogP contribution in [0.1, 0.15) is 38.3 Å². The summed E-state index contributed by atoms with van der Waals surface area (Å²) in [6.07, 6.45) is 0.906. The highest BCUT2D eigenvalue weighted by Gasteiger charge is 2.27. The Balaban J connectivity index is 2.26. The molecule has 0 saturated carbocycles. The minimum Gasteiger partial charge on any atom is -0.352 e. The van der Waals surface area contributed by atoms with Crippen molar-refractivity contribution >= 4 is 50.9 Å². The van der Waals surface area contributed by atoms with Gasteiger partial charge >= 0.3 is 0 Å². The van der Waals surface area contributed by atoms with Crippen LogP contribution < -0.4 is 5.32 Å². The molecule has 2 rings (SSSR count). The number of hydrogen-bond acceptors (Lipinski definition) is 2. The van der Waals surface area contributed by atoms with Gasteiger partial charge in [-0.15, -0.1) is 0 Å². The number of rotatable bonds is 8. The fraction of sp³-hybridized carbons (Fsp3) is 0.364. The third-order valence-corrected chi connectivity index (χ3v) is 5.85. The Morgan fingerprint density at radius 3 is 2.48 bits per heavy atom. The number of hydrogen-bond donors (Lipinski definition) is 1. The minimum absolute atomic E-state index is 0.0403. The summed E-state index contributed by atoms with van der Waals surface area (Å²) in [5.74, 6) is -0.356. The molecule has 2 amide bonds. The molecule has 4 nitrogen and oxygen atoms in total. The Labute approximate surface area is 190 Å². The van der Waals surface area contributed by atoms with Crippen LogP contribution in [0.5, 0.6) is 0 Å². The standard InChI is InChI=1S/C22H25BrCl2N2O2/c1-4-14(2)26-22(29)15(3)27(13-16-6-5-7-18(23)10-16)21(28)11-17-8-9-19(24)12-20(17)25/h5-10,12,14-15H,4,11,13H2,1-3H3,(H,26,29)/t14-,15+/m1/s1. The maximum atomic E-state index is 13.2. The lowest BCUT2D eigenvalue weighted by Gasteiger charge is -2.30. The predicted molar refractivity (Wildman–Crippen MR) is 122 cm³/mol. The van der Waals surface area contributed by atoms with Crippen molar-refractivity contribution in [2.24, 2.45) is 0 Å². The second-order valence-corrected chi connectivity index (χ2v) is 8.82. The number of amides is 2. The van der Waals surface area contributed by atoms with Crippen LogP contribution in [0.3, 0.4) is 0 Å². The molecule has 0 saturated heterocycles. The lowest BCUT2D eigenvalue weighted by atomic mass is 10.1. The first-order chi connectivity index (χ1) is 13.7. The molecule has 29 heavy (non-hydrogen) atoms. The fourth-order valence-electron chi connectivity index (χ4n) is 2.81. The van der Waals surface area contributed by atoms with E-state index in [9.17, 15) is 9.59 Å². The maximum absolute atomic E-state index is 13.2.